The summed E-state index contributed by atoms with van der Waals surface area (Å²) in [5.74, 6) is 0. The van der Waals surface area contributed by atoms with Gasteiger partial charge in [-0.1, -0.05) is 30.3 Å². The molecule has 0 amide bonds. The number of rotatable bonds is 1. The highest BCUT2D eigenvalue weighted by Crippen LogP contribution is 2.28. The van der Waals surface area contributed by atoms with Crippen molar-refractivity contribution in [3.05, 3.63) is 35.9 Å². The van der Waals surface area contributed by atoms with Crippen LogP contribution in [0.4, 0.5) is 0 Å². The molecule has 3 heteroatoms. The quantitative estimate of drug-likeness (QED) is 0.661. The Labute approximate surface area is 76.6 Å². The van der Waals surface area contributed by atoms with Gasteiger partial charge in [-0.3, -0.25) is 0 Å². The fourth-order valence-electron chi connectivity index (χ4n) is 1.54. The molecule has 2 N–H and O–H groups in total. The number of ether oxygens (including phenoxy) is 1. The summed E-state index contributed by atoms with van der Waals surface area (Å²) in [5.41, 5.74) is 0.909. The highest BCUT2D eigenvalue weighted by Gasteiger charge is 2.35. The molecule has 0 saturated carbocycles. The molecule has 70 valence electrons. The molecule has 0 bridgehead atoms. The molecule has 1 aromatic rings. The number of aliphatic hydroxyl groups is 2. The number of hydrogen-bond donors (Lipinski definition) is 2. The van der Waals surface area contributed by atoms with Crippen molar-refractivity contribution < 1.29 is 14.9 Å². The van der Waals surface area contributed by atoms with Crippen molar-refractivity contribution >= 4 is 0 Å². The van der Waals surface area contributed by atoms with Crippen molar-refractivity contribution in [3.8, 4) is 0 Å². The molecule has 3 atom stereocenters. The van der Waals surface area contributed by atoms with E-state index in [4.69, 9.17) is 4.74 Å². The van der Waals surface area contributed by atoms with Crippen LogP contribution in [0.3, 0.4) is 0 Å². The van der Waals surface area contributed by atoms with Gasteiger partial charge in [-0.25, -0.2) is 0 Å². The van der Waals surface area contributed by atoms with Crippen LogP contribution in [0.25, 0.3) is 0 Å². The van der Waals surface area contributed by atoms with Crippen LogP contribution in [0.15, 0.2) is 30.3 Å². The molecule has 0 radical (unpaired) electrons. The van der Waals surface area contributed by atoms with Crippen molar-refractivity contribution in [2.75, 3.05) is 6.61 Å². The molecule has 1 heterocycles. The molecule has 0 aliphatic carbocycles. The second-order valence-electron chi connectivity index (χ2n) is 3.22. The van der Waals surface area contributed by atoms with E-state index in [2.05, 4.69) is 0 Å². The summed E-state index contributed by atoms with van der Waals surface area (Å²) in [6.07, 6.45) is -1.94. The lowest BCUT2D eigenvalue weighted by Crippen LogP contribution is -2.24. The van der Waals surface area contributed by atoms with Crippen LogP contribution in [-0.2, 0) is 4.74 Å². The SMILES string of the molecule is O[C@@H]1[C@@H](c2ccccc2)OC[C@@H]1O. The van der Waals surface area contributed by atoms with Crippen LogP contribution >= 0.6 is 0 Å². The van der Waals surface area contributed by atoms with Gasteiger partial charge in [-0.15, -0.1) is 0 Å². The average Bonchev–Trinajstić information content (AvgIpc) is 2.49. The lowest BCUT2D eigenvalue weighted by Gasteiger charge is -2.14. The van der Waals surface area contributed by atoms with E-state index >= 15 is 0 Å². The van der Waals surface area contributed by atoms with Gasteiger partial charge in [-0.05, 0) is 5.56 Å². The maximum absolute atomic E-state index is 9.54. The average molecular weight is 180 g/mol. The van der Waals surface area contributed by atoms with Crippen molar-refractivity contribution in [3.63, 3.8) is 0 Å². The van der Waals surface area contributed by atoms with E-state index in [9.17, 15) is 10.2 Å². The summed E-state index contributed by atoms with van der Waals surface area (Å²) < 4.78 is 5.26. The molecular weight excluding hydrogens is 168 g/mol. The Hall–Kier alpha value is -0.900. The Kier molecular flexibility index (Phi) is 2.31. The third kappa shape index (κ3) is 1.58. The third-order valence-electron chi connectivity index (χ3n) is 2.28. The summed E-state index contributed by atoms with van der Waals surface area (Å²) in [6, 6.07) is 9.44. The molecule has 1 saturated heterocycles. The molecule has 1 aromatic carbocycles. The fourth-order valence-corrected chi connectivity index (χ4v) is 1.54. The number of benzene rings is 1. The smallest absolute Gasteiger partial charge is 0.112 e. The highest BCUT2D eigenvalue weighted by molar-refractivity contribution is 5.20. The fraction of sp³-hybridized carbons (Fsp3) is 0.400. The predicted molar refractivity (Wildman–Crippen MR) is 47.1 cm³/mol. The van der Waals surface area contributed by atoms with E-state index in [1.807, 2.05) is 30.3 Å². The zero-order valence-corrected chi connectivity index (χ0v) is 7.13. The highest BCUT2D eigenvalue weighted by atomic mass is 16.5. The Morgan fingerprint density at radius 2 is 1.85 bits per heavy atom. The largest absolute Gasteiger partial charge is 0.388 e. The minimum Gasteiger partial charge on any atom is -0.388 e. The first-order valence-corrected chi connectivity index (χ1v) is 4.32. The Bertz CT molecular complexity index is 273. The first-order chi connectivity index (χ1) is 6.29. The molecular formula is C10H12O3. The van der Waals surface area contributed by atoms with Crippen LogP contribution in [0.2, 0.25) is 0 Å². The Morgan fingerprint density at radius 1 is 1.15 bits per heavy atom. The van der Waals surface area contributed by atoms with Crippen molar-refractivity contribution in [1.82, 2.24) is 0 Å². The van der Waals surface area contributed by atoms with Gasteiger partial charge in [0.2, 0.25) is 0 Å². The summed E-state index contributed by atoms with van der Waals surface area (Å²) in [4.78, 5) is 0. The van der Waals surface area contributed by atoms with E-state index in [1.165, 1.54) is 0 Å². The predicted octanol–water partition coefficient (Wildman–Crippen LogP) is 0.480. The van der Waals surface area contributed by atoms with Gasteiger partial charge in [-0.2, -0.15) is 0 Å². The summed E-state index contributed by atoms with van der Waals surface area (Å²) >= 11 is 0. The summed E-state index contributed by atoms with van der Waals surface area (Å²) in [7, 11) is 0. The van der Waals surface area contributed by atoms with E-state index in [-0.39, 0.29) is 12.7 Å². The minimum absolute atomic E-state index is 0.209. The molecule has 0 aromatic heterocycles. The van der Waals surface area contributed by atoms with Gasteiger partial charge in [0.1, 0.15) is 18.3 Å². The maximum Gasteiger partial charge on any atom is 0.112 e. The van der Waals surface area contributed by atoms with Gasteiger partial charge < -0.3 is 14.9 Å². The third-order valence-corrected chi connectivity index (χ3v) is 2.28. The second-order valence-corrected chi connectivity index (χ2v) is 3.22. The van der Waals surface area contributed by atoms with E-state index in [1.54, 1.807) is 0 Å². The first-order valence-electron chi connectivity index (χ1n) is 4.32. The molecule has 1 fully saturated rings. The molecule has 1 aliphatic heterocycles. The second kappa shape index (κ2) is 3.46. The molecule has 2 rings (SSSR count). The van der Waals surface area contributed by atoms with Crippen LogP contribution in [-0.4, -0.2) is 29.0 Å². The van der Waals surface area contributed by atoms with E-state index in [0.717, 1.165) is 5.56 Å². The van der Waals surface area contributed by atoms with Gasteiger partial charge in [0.15, 0.2) is 0 Å². The van der Waals surface area contributed by atoms with Crippen LogP contribution < -0.4 is 0 Å². The summed E-state index contributed by atoms with van der Waals surface area (Å²) in [5, 5.41) is 18.8. The van der Waals surface area contributed by atoms with Crippen molar-refractivity contribution in [1.29, 1.82) is 0 Å². The minimum atomic E-state index is -0.803. The zero-order chi connectivity index (χ0) is 9.26. The maximum atomic E-state index is 9.54. The van der Waals surface area contributed by atoms with Gasteiger partial charge in [0.25, 0.3) is 0 Å². The molecule has 0 unspecified atom stereocenters. The monoisotopic (exact) mass is 180 g/mol. The molecule has 0 spiro atoms. The van der Waals surface area contributed by atoms with Crippen LogP contribution in [0.5, 0.6) is 0 Å². The normalized spacial score (nSPS) is 33.5. The topological polar surface area (TPSA) is 49.7 Å². The molecule has 3 nitrogen and oxygen atoms in total. The standard InChI is InChI=1S/C10H12O3/c11-8-6-13-10(9(8)12)7-4-2-1-3-5-7/h1-5,8-12H,6H2/t8-,9-,10+/m0/s1. The number of aliphatic hydroxyl groups excluding tert-OH is 2. The zero-order valence-electron chi connectivity index (χ0n) is 7.13. The lowest BCUT2D eigenvalue weighted by atomic mass is 10.0. The lowest BCUT2D eigenvalue weighted by molar-refractivity contribution is 0.0225. The van der Waals surface area contributed by atoms with Crippen LogP contribution in [0, 0.1) is 0 Å². The van der Waals surface area contributed by atoms with E-state index in [0.29, 0.717) is 0 Å². The van der Waals surface area contributed by atoms with E-state index < -0.39 is 12.2 Å². The first kappa shape index (κ1) is 8.69. The Balaban J connectivity index is 2.19. The van der Waals surface area contributed by atoms with Gasteiger partial charge in [0.05, 0.1) is 6.61 Å². The van der Waals surface area contributed by atoms with Crippen molar-refractivity contribution in [2.45, 2.75) is 18.3 Å². The number of hydrogen-bond acceptors (Lipinski definition) is 3. The van der Waals surface area contributed by atoms with Crippen molar-refractivity contribution in [2.24, 2.45) is 0 Å². The van der Waals surface area contributed by atoms with Gasteiger partial charge >= 0.3 is 0 Å². The summed E-state index contributed by atoms with van der Waals surface area (Å²) in [6.45, 7) is 0.209. The van der Waals surface area contributed by atoms with Crippen LogP contribution in [0.1, 0.15) is 11.7 Å². The van der Waals surface area contributed by atoms with Gasteiger partial charge in [0, 0.05) is 0 Å². The Morgan fingerprint density at radius 3 is 2.38 bits per heavy atom. The molecule has 13 heavy (non-hydrogen) atoms. The molecule has 1 aliphatic rings.